The van der Waals surface area contributed by atoms with E-state index in [0.717, 1.165) is 0 Å². The molecule has 6 nitrogen and oxygen atoms in total. The van der Waals surface area contributed by atoms with Gasteiger partial charge >= 0.3 is 11.9 Å². The lowest BCUT2D eigenvalue weighted by Gasteiger charge is -2.09. The average molecular weight is 330 g/mol. The van der Waals surface area contributed by atoms with E-state index >= 15 is 0 Å². The average Bonchev–Trinajstić information content (AvgIpc) is 2.59. The number of hydrogen-bond acceptors (Lipinski definition) is 5. The van der Waals surface area contributed by atoms with Crippen LogP contribution in [-0.4, -0.2) is 36.9 Å². The largest absolute Gasteiger partial charge is 0.491 e. The lowest BCUT2D eigenvalue weighted by molar-refractivity contribution is 0.0681. The van der Waals surface area contributed by atoms with Crippen LogP contribution in [0.4, 0.5) is 0 Å². The third-order valence-corrected chi connectivity index (χ3v) is 3.11. The molecule has 2 rings (SSSR count). The summed E-state index contributed by atoms with van der Waals surface area (Å²) in [7, 11) is 0. The van der Waals surface area contributed by atoms with E-state index in [1.165, 1.54) is 12.1 Å². The highest BCUT2D eigenvalue weighted by atomic mass is 16.5. The summed E-state index contributed by atoms with van der Waals surface area (Å²) in [5.41, 5.74) is 0.231. The molecule has 2 aromatic carbocycles. The molecule has 0 aliphatic heterocycles. The molecule has 0 saturated carbocycles. The second kappa shape index (κ2) is 8.69. The molecular weight excluding hydrogens is 312 g/mol. The number of ether oxygens (including phenoxy) is 3. The van der Waals surface area contributed by atoms with Crippen molar-refractivity contribution in [3.8, 4) is 11.5 Å². The molecule has 0 heterocycles. The van der Waals surface area contributed by atoms with Crippen molar-refractivity contribution in [2.24, 2.45) is 0 Å². The highest BCUT2D eigenvalue weighted by Gasteiger charge is 2.15. The first-order valence-electron chi connectivity index (χ1n) is 7.47. The zero-order valence-corrected chi connectivity index (χ0v) is 13.2. The smallest absolute Gasteiger partial charge is 0.343 e. The fourth-order valence-electron chi connectivity index (χ4n) is 1.94. The van der Waals surface area contributed by atoms with E-state index in [2.05, 4.69) is 0 Å². The van der Waals surface area contributed by atoms with Crippen molar-refractivity contribution in [3.63, 3.8) is 0 Å². The maximum absolute atomic E-state index is 12.1. The van der Waals surface area contributed by atoms with E-state index in [1.54, 1.807) is 36.4 Å². The van der Waals surface area contributed by atoms with Crippen molar-refractivity contribution in [2.75, 3.05) is 19.8 Å². The van der Waals surface area contributed by atoms with E-state index in [0.29, 0.717) is 31.1 Å². The van der Waals surface area contributed by atoms with Crippen LogP contribution in [0, 0.1) is 0 Å². The van der Waals surface area contributed by atoms with Crippen molar-refractivity contribution in [2.45, 2.75) is 6.92 Å². The number of carboxylic acids is 1. The molecule has 6 heteroatoms. The molecule has 0 aromatic heterocycles. The van der Waals surface area contributed by atoms with Gasteiger partial charge in [-0.3, -0.25) is 0 Å². The van der Waals surface area contributed by atoms with Crippen molar-refractivity contribution in [1.82, 2.24) is 0 Å². The zero-order valence-electron chi connectivity index (χ0n) is 13.2. The summed E-state index contributed by atoms with van der Waals surface area (Å²) in [4.78, 5) is 23.2. The van der Waals surface area contributed by atoms with Gasteiger partial charge in [0.2, 0.25) is 0 Å². The number of carboxylic acid groups (broad SMARTS) is 1. The third kappa shape index (κ3) is 4.82. The zero-order chi connectivity index (χ0) is 17.4. The molecule has 0 atom stereocenters. The summed E-state index contributed by atoms with van der Waals surface area (Å²) >= 11 is 0. The van der Waals surface area contributed by atoms with Crippen LogP contribution < -0.4 is 9.47 Å². The topological polar surface area (TPSA) is 82.1 Å². The fourth-order valence-corrected chi connectivity index (χ4v) is 1.94. The normalized spacial score (nSPS) is 10.2. The minimum absolute atomic E-state index is 0.00652. The van der Waals surface area contributed by atoms with Crippen LogP contribution >= 0.6 is 0 Å². The van der Waals surface area contributed by atoms with Crippen LogP contribution in [0.25, 0.3) is 0 Å². The molecule has 0 amide bonds. The molecule has 0 unspecified atom stereocenters. The summed E-state index contributed by atoms with van der Waals surface area (Å²) < 4.78 is 15.8. The second-order valence-electron chi connectivity index (χ2n) is 4.76. The highest BCUT2D eigenvalue weighted by Crippen LogP contribution is 2.20. The van der Waals surface area contributed by atoms with Crippen LogP contribution in [0.15, 0.2) is 48.5 Å². The third-order valence-electron chi connectivity index (χ3n) is 3.11. The van der Waals surface area contributed by atoms with Gasteiger partial charge in [0, 0.05) is 6.61 Å². The van der Waals surface area contributed by atoms with Crippen molar-refractivity contribution in [3.05, 3.63) is 59.7 Å². The number of esters is 1. The number of benzene rings is 2. The van der Waals surface area contributed by atoms with Crippen LogP contribution in [0.1, 0.15) is 27.6 Å². The molecule has 24 heavy (non-hydrogen) atoms. The Balaban J connectivity index is 1.99. The predicted octanol–water partition coefficient (Wildman–Crippen LogP) is 3.02. The van der Waals surface area contributed by atoms with E-state index in [-0.39, 0.29) is 11.3 Å². The fraction of sp³-hybridized carbons (Fsp3) is 0.222. The van der Waals surface area contributed by atoms with Gasteiger partial charge in [-0.1, -0.05) is 12.1 Å². The number of carbonyl (C=O) groups excluding carboxylic acids is 1. The summed E-state index contributed by atoms with van der Waals surface area (Å²) in [6, 6.07) is 12.4. The molecule has 0 spiro atoms. The van der Waals surface area contributed by atoms with Crippen molar-refractivity contribution < 1.29 is 28.9 Å². The van der Waals surface area contributed by atoms with E-state index in [1.807, 2.05) is 6.92 Å². The summed E-state index contributed by atoms with van der Waals surface area (Å²) in [5.74, 6) is -1.18. The number of hydrogen-bond donors (Lipinski definition) is 1. The lowest BCUT2D eigenvalue weighted by atomic mass is 10.2. The van der Waals surface area contributed by atoms with Crippen molar-refractivity contribution >= 4 is 11.9 Å². The Morgan fingerprint density at radius 2 is 1.71 bits per heavy atom. The van der Waals surface area contributed by atoms with Gasteiger partial charge in [0.15, 0.2) is 0 Å². The van der Waals surface area contributed by atoms with Gasteiger partial charge in [-0.2, -0.15) is 0 Å². The van der Waals surface area contributed by atoms with E-state index in [4.69, 9.17) is 19.3 Å². The van der Waals surface area contributed by atoms with Crippen LogP contribution in [0.2, 0.25) is 0 Å². The Kier molecular flexibility index (Phi) is 6.33. The highest BCUT2D eigenvalue weighted by molar-refractivity contribution is 5.95. The minimum Gasteiger partial charge on any atom is -0.491 e. The Labute approximate surface area is 139 Å². The molecule has 0 radical (unpaired) electrons. The van der Waals surface area contributed by atoms with Gasteiger partial charge in [-0.25, -0.2) is 9.59 Å². The Bertz CT molecular complexity index is 693. The second-order valence-corrected chi connectivity index (χ2v) is 4.76. The maximum Gasteiger partial charge on any atom is 0.343 e. The van der Waals surface area contributed by atoms with E-state index in [9.17, 15) is 9.59 Å². The lowest BCUT2D eigenvalue weighted by Crippen LogP contribution is -2.11. The first-order chi connectivity index (χ1) is 11.6. The number of aromatic carboxylic acids is 1. The quantitative estimate of drug-likeness (QED) is 0.455. The SMILES string of the molecule is CCOCCOc1ccc(C(=O)Oc2ccccc2C(=O)O)cc1. The molecule has 126 valence electrons. The molecule has 0 bridgehead atoms. The van der Waals surface area contributed by atoms with Crippen molar-refractivity contribution in [1.29, 1.82) is 0 Å². The molecule has 0 saturated heterocycles. The maximum atomic E-state index is 12.1. The van der Waals surface area contributed by atoms with Gasteiger partial charge in [0.25, 0.3) is 0 Å². The molecule has 1 N–H and O–H groups in total. The van der Waals surface area contributed by atoms with Crippen LogP contribution in [-0.2, 0) is 4.74 Å². The van der Waals surface area contributed by atoms with Gasteiger partial charge in [-0.15, -0.1) is 0 Å². The number of para-hydroxylation sites is 1. The molecule has 0 fully saturated rings. The summed E-state index contributed by atoms with van der Waals surface area (Å²) in [5, 5.41) is 9.09. The monoisotopic (exact) mass is 330 g/mol. The Hall–Kier alpha value is -2.86. The molecule has 2 aromatic rings. The number of carbonyl (C=O) groups is 2. The molecule has 0 aliphatic rings. The first kappa shape index (κ1) is 17.5. The van der Waals surface area contributed by atoms with Gasteiger partial charge in [0.1, 0.15) is 23.7 Å². The van der Waals surface area contributed by atoms with Gasteiger partial charge in [0.05, 0.1) is 12.2 Å². The molecule has 0 aliphatic carbocycles. The summed E-state index contributed by atoms with van der Waals surface area (Å²) in [6.45, 7) is 3.45. The van der Waals surface area contributed by atoms with Crippen LogP contribution in [0.3, 0.4) is 0 Å². The van der Waals surface area contributed by atoms with E-state index < -0.39 is 11.9 Å². The van der Waals surface area contributed by atoms with Gasteiger partial charge < -0.3 is 19.3 Å². The molecular formula is C18H18O6. The predicted molar refractivity (Wildman–Crippen MR) is 86.8 cm³/mol. The first-order valence-corrected chi connectivity index (χ1v) is 7.47. The van der Waals surface area contributed by atoms with Crippen LogP contribution in [0.5, 0.6) is 11.5 Å². The Morgan fingerprint density at radius 3 is 2.38 bits per heavy atom. The Morgan fingerprint density at radius 1 is 1.00 bits per heavy atom. The number of rotatable bonds is 8. The summed E-state index contributed by atoms with van der Waals surface area (Å²) in [6.07, 6.45) is 0. The minimum atomic E-state index is -1.16. The van der Waals surface area contributed by atoms with Gasteiger partial charge in [-0.05, 0) is 43.3 Å². The standard InChI is InChI=1S/C18H18O6/c1-2-22-11-12-23-14-9-7-13(8-10-14)18(21)24-16-6-4-3-5-15(16)17(19)20/h3-10H,2,11-12H2,1H3,(H,19,20).